The van der Waals surface area contributed by atoms with Gasteiger partial charge >= 0.3 is 0 Å². The van der Waals surface area contributed by atoms with Crippen molar-refractivity contribution in [2.24, 2.45) is 0 Å². The molecule has 0 radical (unpaired) electrons. The van der Waals surface area contributed by atoms with Crippen LogP contribution in [0, 0.1) is 0 Å². The molecule has 0 saturated carbocycles. The first-order valence-electron chi connectivity index (χ1n) is 3.75. The Morgan fingerprint density at radius 1 is 1.42 bits per heavy atom. The van der Waals surface area contributed by atoms with Crippen LogP contribution in [0.3, 0.4) is 0 Å². The van der Waals surface area contributed by atoms with Crippen LogP contribution in [0.15, 0.2) is 30.3 Å². The van der Waals surface area contributed by atoms with Crippen LogP contribution in [-0.2, 0) is 11.2 Å². The molecule has 64 valence electrons. The van der Waals surface area contributed by atoms with Gasteiger partial charge in [0.2, 0.25) is 0 Å². The molecule has 12 heavy (non-hydrogen) atoms. The Morgan fingerprint density at radius 2 is 2.08 bits per heavy atom. The number of hydrogen-bond donors (Lipinski definition) is 2. The van der Waals surface area contributed by atoms with Crippen molar-refractivity contribution in [3.8, 4) is 0 Å². The molecule has 1 rings (SSSR count). The summed E-state index contributed by atoms with van der Waals surface area (Å²) in [5.74, 6) is 0. The van der Waals surface area contributed by atoms with E-state index < -0.39 is 6.04 Å². The molecule has 3 nitrogen and oxygen atoms in total. The largest absolute Gasteiger partial charge is 0.316 e. The summed E-state index contributed by atoms with van der Waals surface area (Å²) in [5, 5.41) is 8.51. The van der Waals surface area contributed by atoms with Crippen LogP contribution in [-0.4, -0.2) is 17.5 Å². The van der Waals surface area contributed by atoms with E-state index in [0.717, 1.165) is 5.56 Å². The first-order chi connectivity index (χ1) is 5.86. The highest BCUT2D eigenvalue weighted by molar-refractivity contribution is 5.57. The van der Waals surface area contributed by atoms with E-state index in [9.17, 15) is 4.79 Å². The van der Waals surface area contributed by atoms with Gasteiger partial charge in [-0.25, -0.2) is 0 Å². The molecular weight excluding hydrogens is 154 g/mol. The van der Waals surface area contributed by atoms with E-state index in [0.29, 0.717) is 12.7 Å². The summed E-state index contributed by atoms with van der Waals surface area (Å²) in [5.41, 5.74) is 2.96. The van der Waals surface area contributed by atoms with Gasteiger partial charge in [-0.1, -0.05) is 30.3 Å². The van der Waals surface area contributed by atoms with Crippen LogP contribution in [0.1, 0.15) is 5.56 Å². The monoisotopic (exact) mass is 165 g/mol. The van der Waals surface area contributed by atoms with Crippen molar-refractivity contribution >= 4 is 6.29 Å². The van der Waals surface area contributed by atoms with Crippen LogP contribution in [0.2, 0.25) is 0 Å². The fourth-order valence-electron chi connectivity index (χ4n) is 0.992. The molecule has 0 amide bonds. The number of nitrogens with one attached hydrogen (secondary N) is 1. The molecule has 3 heteroatoms. The molecule has 0 bridgehead atoms. The van der Waals surface area contributed by atoms with Crippen LogP contribution < -0.4 is 5.48 Å². The van der Waals surface area contributed by atoms with Gasteiger partial charge in [0, 0.05) is 0 Å². The standard InChI is InChI=1S/C9H11NO2/c11-7-9(10-12)6-8-4-2-1-3-5-8/h1-5,7,9-10,12H,6H2/t9-/m0/s1. The van der Waals surface area contributed by atoms with Gasteiger partial charge in [0.15, 0.2) is 0 Å². The molecule has 0 saturated heterocycles. The van der Waals surface area contributed by atoms with Crippen molar-refractivity contribution in [1.82, 2.24) is 5.48 Å². The van der Waals surface area contributed by atoms with E-state index >= 15 is 0 Å². The van der Waals surface area contributed by atoms with Crippen molar-refractivity contribution in [3.63, 3.8) is 0 Å². The zero-order valence-electron chi connectivity index (χ0n) is 6.60. The van der Waals surface area contributed by atoms with E-state index in [1.54, 1.807) is 0 Å². The minimum Gasteiger partial charge on any atom is -0.316 e. The molecule has 0 unspecified atom stereocenters. The number of hydrogen-bond acceptors (Lipinski definition) is 3. The van der Waals surface area contributed by atoms with Gasteiger partial charge in [-0.15, -0.1) is 0 Å². The normalized spacial score (nSPS) is 12.4. The molecule has 0 aliphatic carbocycles. The maximum atomic E-state index is 10.3. The number of rotatable bonds is 4. The van der Waals surface area contributed by atoms with E-state index in [-0.39, 0.29) is 0 Å². The molecule has 1 aromatic carbocycles. The van der Waals surface area contributed by atoms with Gasteiger partial charge in [0.05, 0.1) is 6.04 Å². The lowest BCUT2D eigenvalue weighted by molar-refractivity contribution is -0.111. The molecule has 0 aromatic heterocycles. The first-order valence-corrected chi connectivity index (χ1v) is 3.75. The summed E-state index contributed by atoms with van der Waals surface area (Å²) < 4.78 is 0. The lowest BCUT2D eigenvalue weighted by Crippen LogP contribution is -2.29. The lowest BCUT2D eigenvalue weighted by Gasteiger charge is -2.06. The Bertz CT molecular complexity index is 236. The Balaban J connectivity index is 2.56. The average molecular weight is 165 g/mol. The summed E-state index contributed by atoms with van der Waals surface area (Å²) in [6, 6.07) is 9.02. The Kier molecular flexibility index (Phi) is 3.44. The Hall–Kier alpha value is -1.19. The van der Waals surface area contributed by atoms with Gasteiger partial charge in [-0.2, -0.15) is 5.48 Å². The van der Waals surface area contributed by atoms with Gasteiger partial charge < -0.3 is 10.0 Å². The number of hydroxylamine groups is 1. The van der Waals surface area contributed by atoms with Crippen LogP contribution in [0.25, 0.3) is 0 Å². The third-order valence-electron chi connectivity index (χ3n) is 1.63. The zero-order chi connectivity index (χ0) is 8.81. The highest BCUT2D eigenvalue weighted by Gasteiger charge is 2.04. The summed E-state index contributed by atoms with van der Waals surface area (Å²) >= 11 is 0. The molecule has 0 spiro atoms. The summed E-state index contributed by atoms with van der Waals surface area (Å²) in [6.45, 7) is 0. The summed E-state index contributed by atoms with van der Waals surface area (Å²) in [4.78, 5) is 10.3. The SMILES string of the molecule is O=C[C@H](Cc1ccccc1)NO. The number of aldehydes is 1. The predicted molar refractivity (Wildman–Crippen MR) is 44.9 cm³/mol. The maximum absolute atomic E-state index is 10.3. The lowest BCUT2D eigenvalue weighted by atomic mass is 10.1. The third kappa shape index (κ3) is 2.45. The van der Waals surface area contributed by atoms with Crippen molar-refractivity contribution in [2.75, 3.05) is 0 Å². The second-order valence-corrected chi connectivity index (χ2v) is 2.56. The quantitative estimate of drug-likeness (QED) is 0.512. The van der Waals surface area contributed by atoms with Crippen molar-refractivity contribution in [3.05, 3.63) is 35.9 Å². The van der Waals surface area contributed by atoms with E-state index in [1.807, 2.05) is 35.8 Å². The van der Waals surface area contributed by atoms with Crippen molar-refractivity contribution in [2.45, 2.75) is 12.5 Å². The van der Waals surface area contributed by atoms with Crippen molar-refractivity contribution < 1.29 is 10.0 Å². The minimum atomic E-state index is -0.507. The highest BCUT2D eigenvalue weighted by Crippen LogP contribution is 2.00. The molecule has 0 fully saturated rings. The molecule has 1 aromatic rings. The topological polar surface area (TPSA) is 49.3 Å². The number of carbonyl (C=O) groups is 1. The number of benzene rings is 1. The average Bonchev–Trinajstić information content (AvgIpc) is 2.16. The van der Waals surface area contributed by atoms with Gasteiger partial charge in [-0.05, 0) is 12.0 Å². The Labute approximate surface area is 71.0 Å². The second-order valence-electron chi connectivity index (χ2n) is 2.56. The molecule has 0 heterocycles. The molecule has 2 N–H and O–H groups in total. The third-order valence-corrected chi connectivity index (χ3v) is 1.63. The van der Waals surface area contributed by atoms with Crippen LogP contribution in [0.4, 0.5) is 0 Å². The van der Waals surface area contributed by atoms with E-state index in [1.165, 1.54) is 0 Å². The zero-order valence-corrected chi connectivity index (χ0v) is 6.60. The maximum Gasteiger partial charge on any atom is 0.139 e. The van der Waals surface area contributed by atoms with E-state index in [4.69, 9.17) is 5.21 Å². The van der Waals surface area contributed by atoms with Crippen molar-refractivity contribution in [1.29, 1.82) is 0 Å². The van der Waals surface area contributed by atoms with Crippen LogP contribution in [0.5, 0.6) is 0 Å². The molecule has 1 atom stereocenters. The minimum absolute atomic E-state index is 0.507. The molecule has 0 aliphatic heterocycles. The second kappa shape index (κ2) is 4.64. The summed E-state index contributed by atoms with van der Waals surface area (Å²) in [6.07, 6.45) is 1.20. The highest BCUT2D eigenvalue weighted by atomic mass is 16.5. The van der Waals surface area contributed by atoms with Gasteiger partial charge in [-0.3, -0.25) is 0 Å². The first kappa shape index (κ1) is 8.90. The van der Waals surface area contributed by atoms with Gasteiger partial charge in [0.25, 0.3) is 0 Å². The van der Waals surface area contributed by atoms with Crippen LogP contribution >= 0.6 is 0 Å². The molecule has 0 aliphatic rings. The molecular formula is C9H11NO2. The van der Waals surface area contributed by atoms with E-state index in [2.05, 4.69) is 0 Å². The fourth-order valence-corrected chi connectivity index (χ4v) is 0.992. The smallest absolute Gasteiger partial charge is 0.139 e. The predicted octanol–water partition coefficient (Wildman–Crippen LogP) is 0.775. The van der Waals surface area contributed by atoms with Gasteiger partial charge in [0.1, 0.15) is 6.29 Å². The summed E-state index contributed by atoms with van der Waals surface area (Å²) in [7, 11) is 0. The number of carbonyl (C=O) groups excluding carboxylic acids is 1. The fraction of sp³-hybridized carbons (Fsp3) is 0.222. The Morgan fingerprint density at radius 3 is 2.58 bits per heavy atom.